The lowest BCUT2D eigenvalue weighted by Gasteiger charge is -2.37. The molecule has 7 heteroatoms. The molecule has 0 aromatic heterocycles. The first-order chi connectivity index (χ1) is 10.1. The minimum Gasteiger partial charge on any atom is -0.317 e. The zero-order valence-electron chi connectivity index (χ0n) is 12.6. The van der Waals surface area contributed by atoms with Gasteiger partial charge in [0, 0.05) is 0 Å². The highest BCUT2D eigenvalue weighted by molar-refractivity contribution is 7.92. The number of nitrogens with one attached hydrogen (secondary N) is 1. The Bertz CT molecular complexity index is 632. The molecular weight excluding hydrogens is 315 g/mol. The Morgan fingerprint density at radius 1 is 1.09 bits per heavy atom. The highest BCUT2D eigenvalue weighted by Gasteiger charge is 2.46. The van der Waals surface area contributed by atoms with E-state index in [1.165, 1.54) is 26.0 Å². The van der Waals surface area contributed by atoms with Gasteiger partial charge in [0.2, 0.25) is 0 Å². The summed E-state index contributed by atoms with van der Waals surface area (Å²) in [6.07, 6.45) is -3.41. The van der Waals surface area contributed by atoms with Crippen LogP contribution in [0, 0.1) is 5.92 Å². The average Bonchev–Trinajstić information content (AvgIpc) is 2.47. The molecule has 1 saturated heterocycles. The van der Waals surface area contributed by atoms with Gasteiger partial charge < -0.3 is 5.32 Å². The second-order valence-electron chi connectivity index (χ2n) is 6.13. The Hall–Kier alpha value is -1.08. The number of sulfone groups is 1. The molecule has 0 aliphatic carbocycles. The van der Waals surface area contributed by atoms with E-state index < -0.39 is 31.2 Å². The molecule has 2 rings (SSSR count). The van der Waals surface area contributed by atoms with Gasteiger partial charge in [0.05, 0.1) is 15.2 Å². The van der Waals surface area contributed by atoms with E-state index in [4.69, 9.17) is 0 Å². The molecule has 124 valence electrons. The van der Waals surface area contributed by atoms with E-state index in [9.17, 15) is 21.6 Å². The Kier molecular flexibility index (Phi) is 4.59. The van der Waals surface area contributed by atoms with Crippen molar-refractivity contribution in [3.05, 3.63) is 29.8 Å². The van der Waals surface area contributed by atoms with E-state index in [0.29, 0.717) is 25.9 Å². The SMILES string of the molecule is CC(C)(C1CCNCC1)S(=O)(=O)c1ccccc1C(F)(F)F. The molecule has 1 aromatic rings. The van der Waals surface area contributed by atoms with Crippen molar-refractivity contribution < 1.29 is 21.6 Å². The minimum absolute atomic E-state index is 0.167. The molecule has 22 heavy (non-hydrogen) atoms. The summed E-state index contributed by atoms with van der Waals surface area (Å²) in [5.74, 6) is -0.167. The third-order valence-corrected chi connectivity index (χ3v) is 7.15. The second-order valence-corrected chi connectivity index (χ2v) is 8.62. The van der Waals surface area contributed by atoms with Crippen LogP contribution in [0.4, 0.5) is 13.2 Å². The van der Waals surface area contributed by atoms with Crippen molar-refractivity contribution in [2.24, 2.45) is 5.92 Å². The summed E-state index contributed by atoms with van der Waals surface area (Å²) in [7, 11) is -4.10. The molecule has 1 aromatic carbocycles. The van der Waals surface area contributed by atoms with Crippen molar-refractivity contribution in [3.63, 3.8) is 0 Å². The molecule has 0 amide bonds. The Morgan fingerprint density at radius 3 is 2.18 bits per heavy atom. The number of hydrogen-bond donors (Lipinski definition) is 1. The van der Waals surface area contributed by atoms with Gasteiger partial charge in [-0.25, -0.2) is 8.42 Å². The molecule has 0 atom stereocenters. The van der Waals surface area contributed by atoms with E-state index in [1.54, 1.807) is 0 Å². The lowest BCUT2D eigenvalue weighted by atomic mass is 9.86. The zero-order valence-corrected chi connectivity index (χ0v) is 13.4. The summed E-state index contributed by atoms with van der Waals surface area (Å²) in [6, 6.07) is 4.42. The summed E-state index contributed by atoms with van der Waals surface area (Å²) in [5, 5.41) is 3.14. The predicted molar refractivity (Wildman–Crippen MR) is 78.3 cm³/mol. The van der Waals surface area contributed by atoms with Crippen LogP contribution in [0.15, 0.2) is 29.2 Å². The van der Waals surface area contributed by atoms with Crippen LogP contribution in [-0.4, -0.2) is 26.3 Å². The van der Waals surface area contributed by atoms with Gasteiger partial charge in [-0.3, -0.25) is 0 Å². The molecule has 1 fully saturated rings. The quantitative estimate of drug-likeness (QED) is 0.922. The summed E-state index contributed by atoms with van der Waals surface area (Å²) in [5.41, 5.74) is -1.09. The molecule has 1 aliphatic heterocycles. The van der Waals surface area contributed by atoms with Crippen molar-refractivity contribution >= 4 is 9.84 Å². The summed E-state index contributed by atoms with van der Waals surface area (Å²) >= 11 is 0. The molecule has 0 radical (unpaired) electrons. The van der Waals surface area contributed by atoms with Gasteiger partial charge >= 0.3 is 6.18 Å². The van der Waals surface area contributed by atoms with E-state index in [0.717, 1.165) is 12.1 Å². The largest absolute Gasteiger partial charge is 0.417 e. The molecular formula is C15H20F3NO2S. The molecule has 0 unspecified atom stereocenters. The third kappa shape index (κ3) is 3.01. The number of benzene rings is 1. The van der Waals surface area contributed by atoms with Crippen LogP contribution in [0.3, 0.4) is 0 Å². The Morgan fingerprint density at radius 2 is 1.64 bits per heavy atom. The van der Waals surface area contributed by atoms with Gasteiger partial charge in [0.25, 0.3) is 0 Å². The summed E-state index contributed by atoms with van der Waals surface area (Å²) in [4.78, 5) is -0.619. The van der Waals surface area contributed by atoms with Crippen LogP contribution in [0.2, 0.25) is 0 Å². The number of alkyl halides is 3. The number of halogens is 3. The number of piperidine rings is 1. The van der Waals surface area contributed by atoms with Crippen molar-refractivity contribution in [2.75, 3.05) is 13.1 Å². The average molecular weight is 335 g/mol. The topological polar surface area (TPSA) is 46.2 Å². The highest BCUT2D eigenvalue weighted by atomic mass is 32.2. The van der Waals surface area contributed by atoms with Crippen LogP contribution in [-0.2, 0) is 16.0 Å². The maximum Gasteiger partial charge on any atom is 0.417 e. The smallest absolute Gasteiger partial charge is 0.317 e. The lowest BCUT2D eigenvalue weighted by Crippen LogP contribution is -2.45. The summed E-state index contributed by atoms with van der Waals surface area (Å²) in [6.45, 7) is 4.44. The van der Waals surface area contributed by atoms with E-state index in [1.807, 2.05) is 0 Å². The van der Waals surface area contributed by atoms with Gasteiger partial charge in [-0.2, -0.15) is 13.2 Å². The molecule has 1 N–H and O–H groups in total. The normalized spacial score (nSPS) is 18.4. The summed E-state index contributed by atoms with van der Waals surface area (Å²) < 4.78 is 64.0. The Labute approximate surface area is 128 Å². The Balaban J connectivity index is 2.51. The van der Waals surface area contributed by atoms with Crippen LogP contribution in [0.1, 0.15) is 32.3 Å². The molecule has 0 spiro atoms. The van der Waals surface area contributed by atoms with Crippen LogP contribution < -0.4 is 5.32 Å². The second kappa shape index (κ2) is 5.85. The van der Waals surface area contributed by atoms with Gasteiger partial charge in [-0.05, 0) is 57.8 Å². The predicted octanol–water partition coefficient (Wildman–Crippen LogP) is 3.26. The van der Waals surface area contributed by atoms with Gasteiger partial charge in [-0.1, -0.05) is 12.1 Å². The number of hydrogen-bond acceptors (Lipinski definition) is 3. The van der Waals surface area contributed by atoms with E-state index in [2.05, 4.69) is 5.32 Å². The van der Waals surface area contributed by atoms with Crippen molar-refractivity contribution in [3.8, 4) is 0 Å². The fourth-order valence-electron chi connectivity index (χ4n) is 2.96. The molecule has 1 aliphatic rings. The molecule has 0 saturated carbocycles. The van der Waals surface area contributed by atoms with Gasteiger partial charge in [0.1, 0.15) is 0 Å². The van der Waals surface area contributed by atoms with Crippen LogP contribution in [0.5, 0.6) is 0 Å². The fraction of sp³-hybridized carbons (Fsp3) is 0.600. The van der Waals surface area contributed by atoms with E-state index >= 15 is 0 Å². The van der Waals surface area contributed by atoms with E-state index in [-0.39, 0.29) is 5.92 Å². The van der Waals surface area contributed by atoms with Crippen molar-refractivity contribution in [2.45, 2.75) is 42.5 Å². The minimum atomic E-state index is -4.69. The monoisotopic (exact) mass is 335 g/mol. The molecule has 1 heterocycles. The standard InChI is InChI=1S/C15H20F3NO2S/c1-14(2,11-7-9-19-10-8-11)22(20,21)13-6-4-3-5-12(13)15(16,17)18/h3-6,11,19H,7-10H2,1-2H3. The van der Waals surface area contributed by atoms with Crippen LogP contribution >= 0.6 is 0 Å². The van der Waals surface area contributed by atoms with Crippen molar-refractivity contribution in [1.82, 2.24) is 5.32 Å². The van der Waals surface area contributed by atoms with Gasteiger partial charge in [0.15, 0.2) is 9.84 Å². The maximum atomic E-state index is 13.1. The molecule has 3 nitrogen and oxygen atoms in total. The fourth-order valence-corrected chi connectivity index (χ4v) is 4.93. The first-order valence-electron chi connectivity index (χ1n) is 7.20. The third-order valence-electron chi connectivity index (χ3n) is 4.50. The lowest BCUT2D eigenvalue weighted by molar-refractivity contribution is -0.139. The van der Waals surface area contributed by atoms with Crippen LogP contribution in [0.25, 0.3) is 0 Å². The first-order valence-corrected chi connectivity index (χ1v) is 8.68. The number of rotatable bonds is 3. The first kappa shape index (κ1) is 17.3. The highest BCUT2D eigenvalue weighted by Crippen LogP contribution is 2.41. The maximum absolute atomic E-state index is 13.1. The molecule has 0 bridgehead atoms. The zero-order chi connectivity index (χ0) is 16.6. The van der Waals surface area contributed by atoms with Crippen molar-refractivity contribution in [1.29, 1.82) is 0 Å². The van der Waals surface area contributed by atoms with Gasteiger partial charge in [-0.15, -0.1) is 0 Å².